The Morgan fingerprint density at radius 1 is 1.35 bits per heavy atom. The molecule has 0 bridgehead atoms. The summed E-state index contributed by atoms with van der Waals surface area (Å²) in [6.07, 6.45) is 0.934. The molecule has 0 saturated heterocycles. The fourth-order valence-corrected chi connectivity index (χ4v) is 2.12. The summed E-state index contributed by atoms with van der Waals surface area (Å²) in [7, 11) is 3.26. The predicted octanol–water partition coefficient (Wildman–Crippen LogP) is 1.75. The average molecular weight is 276 g/mol. The van der Waals surface area contributed by atoms with Crippen molar-refractivity contribution in [2.75, 3.05) is 26.0 Å². The maximum Gasteiger partial charge on any atom is 0.243 e. The lowest BCUT2D eigenvalue weighted by atomic mass is 10.3. The molecular weight excluding hydrogens is 256 g/mol. The number of rotatable bonds is 5. The summed E-state index contributed by atoms with van der Waals surface area (Å²) in [4.78, 5) is 25.3. The molecule has 1 saturated carbocycles. The Morgan fingerprint density at radius 3 is 2.45 bits per heavy atom. The second-order valence-corrected chi connectivity index (χ2v) is 5.29. The summed E-state index contributed by atoms with van der Waals surface area (Å²) in [5.74, 6) is 1.16. The van der Waals surface area contributed by atoms with E-state index in [4.69, 9.17) is 4.74 Å². The number of hydrogen-bond acceptors (Lipinski definition) is 3. The van der Waals surface area contributed by atoms with Gasteiger partial charge >= 0.3 is 0 Å². The molecule has 0 heterocycles. The molecule has 2 rings (SSSR count). The van der Waals surface area contributed by atoms with Crippen LogP contribution in [0.5, 0.6) is 5.75 Å². The van der Waals surface area contributed by atoms with Gasteiger partial charge in [-0.1, -0.05) is 6.92 Å². The van der Waals surface area contributed by atoms with Gasteiger partial charge in [-0.3, -0.25) is 9.59 Å². The van der Waals surface area contributed by atoms with Crippen LogP contribution in [0.3, 0.4) is 0 Å². The average Bonchev–Trinajstić information content (AvgIpc) is 3.15. The van der Waals surface area contributed by atoms with E-state index in [1.807, 2.05) is 6.92 Å². The van der Waals surface area contributed by atoms with Gasteiger partial charge in [0.2, 0.25) is 11.8 Å². The number of carbonyl (C=O) groups excluding carboxylic acids is 2. The number of nitrogens with zero attached hydrogens (tertiary/aromatic N) is 1. The number of hydrogen-bond donors (Lipinski definition) is 1. The highest BCUT2D eigenvalue weighted by atomic mass is 16.5. The molecule has 1 aromatic carbocycles. The fraction of sp³-hybridized carbons (Fsp3) is 0.467. The van der Waals surface area contributed by atoms with Crippen LogP contribution in [0, 0.1) is 11.8 Å². The van der Waals surface area contributed by atoms with E-state index in [2.05, 4.69) is 5.32 Å². The number of nitrogens with one attached hydrogen (secondary N) is 1. The molecule has 1 aromatic rings. The quantitative estimate of drug-likeness (QED) is 0.891. The Balaban J connectivity index is 1.83. The summed E-state index contributed by atoms with van der Waals surface area (Å²) in [5.41, 5.74) is 0.691. The number of ether oxygens (including phenoxy) is 1. The van der Waals surface area contributed by atoms with Gasteiger partial charge in [-0.25, -0.2) is 0 Å². The second-order valence-electron chi connectivity index (χ2n) is 5.29. The Morgan fingerprint density at radius 2 is 1.95 bits per heavy atom. The van der Waals surface area contributed by atoms with Crippen LogP contribution >= 0.6 is 0 Å². The third kappa shape index (κ3) is 3.50. The molecule has 0 aliphatic heterocycles. The Bertz CT molecular complexity index is 498. The van der Waals surface area contributed by atoms with E-state index in [9.17, 15) is 9.59 Å². The SMILES string of the molecule is COc1ccc(NC(=O)CN(C)C(=O)[C@H]2C[C@@H]2C)cc1. The van der Waals surface area contributed by atoms with Crippen LogP contribution in [-0.2, 0) is 9.59 Å². The monoisotopic (exact) mass is 276 g/mol. The topological polar surface area (TPSA) is 58.6 Å². The molecule has 2 atom stereocenters. The number of methoxy groups -OCH3 is 1. The molecule has 20 heavy (non-hydrogen) atoms. The van der Waals surface area contributed by atoms with Crippen LogP contribution in [0.15, 0.2) is 24.3 Å². The van der Waals surface area contributed by atoms with E-state index in [0.29, 0.717) is 11.6 Å². The molecule has 2 amide bonds. The lowest BCUT2D eigenvalue weighted by Crippen LogP contribution is -2.36. The largest absolute Gasteiger partial charge is 0.497 e. The smallest absolute Gasteiger partial charge is 0.243 e. The van der Waals surface area contributed by atoms with Crippen molar-refractivity contribution >= 4 is 17.5 Å². The first-order chi connectivity index (χ1) is 9.51. The van der Waals surface area contributed by atoms with E-state index in [1.165, 1.54) is 4.90 Å². The molecular formula is C15H20N2O3. The summed E-state index contributed by atoms with van der Waals surface area (Å²) in [6, 6.07) is 7.08. The van der Waals surface area contributed by atoms with E-state index < -0.39 is 0 Å². The van der Waals surface area contributed by atoms with Crippen molar-refractivity contribution in [2.45, 2.75) is 13.3 Å². The molecule has 5 heteroatoms. The highest BCUT2D eigenvalue weighted by Gasteiger charge is 2.40. The first kappa shape index (κ1) is 14.4. The van der Waals surface area contributed by atoms with Gasteiger partial charge < -0.3 is 15.0 Å². The zero-order chi connectivity index (χ0) is 14.7. The standard InChI is InChI=1S/C15H20N2O3/c1-10-8-13(10)15(19)17(2)9-14(18)16-11-4-6-12(20-3)7-5-11/h4-7,10,13H,8-9H2,1-3H3,(H,16,18)/t10-,13-/m0/s1. The molecule has 1 fully saturated rings. The summed E-state index contributed by atoms with van der Waals surface area (Å²) >= 11 is 0. The third-order valence-electron chi connectivity index (χ3n) is 3.56. The van der Waals surface area contributed by atoms with Crippen molar-refractivity contribution in [3.8, 4) is 5.75 Å². The number of carbonyl (C=O) groups is 2. The van der Waals surface area contributed by atoms with Crippen molar-refractivity contribution in [3.63, 3.8) is 0 Å². The number of amides is 2. The van der Waals surface area contributed by atoms with Crippen molar-refractivity contribution < 1.29 is 14.3 Å². The summed E-state index contributed by atoms with van der Waals surface area (Å²) in [5, 5.41) is 2.76. The fourth-order valence-electron chi connectivity index (χ4n) is 2.12. The lowest BCUT2D eigenvalue weighted by molar-refractivity contribution is -0.134. The van der Waals surface area contributed by atoms with Gasteiger partial charge in [0.15, 0.2) is 0 Å². The van der Waals surface area contributed by atoms with Gasteiger partial charge in [0.1, 0.15) is 5.75 Å². The third-order valence-corrected chi connectivity index (χ3v) is 3.56. The Kier molecular flexibility index (Phi) is 4.27. The van der Waals surface area contributed by atoms with Gasteiger partial charge in [0.25, 0.3) is 0 Å². The van der Waals surface area contributed by atoms with Crippen LogP contribution < -0.4 is 10.1 Å². The normalized spacial score (nSPS) is 20.1. The Labute approximate surface area is 118 Å². The second kappa shape index (κ2) is 5.94. The minimum absolute atomic E-state index is 0.0578. The molecule has 108 valence electrons. The maximum atomic E-state index is 11.9. The zero-order valence-corrected chi connectivity index (χ0v) is 12.1. The molecule has 1 N–H and O–H groups in total. The van der Waals surface area contributed by atoms with E-state index >= 15 is 0 Å². The number of benzene rings is 1. The zero-order valence-electron chi connectivity index (χ0n) is 12.1. The first-order valence-corrected chi connectivity index (χ1v) is 6.70. The van der Waals surface area contributed by atoms with Crippen LogP contribution in [-0.4, -0.2) is 37.4 Å². The first-order valence-electron chi connectivity index (χ1n) is 6.70. The summed E-state index contributed by atoms with van der Waals surface area (Å²) < 4.78 is 5.05. The lowest BCUT2D eigenvalue weighted by Gasteiger charge is -2.16. The van der Waals surface area contributed by atoms with Crippen LogP contribution in [0.2, 0.25) is 0 Å². The van der Waals surface area contributed by atoms with Gasteiger partial charge in [-0.15, -0.1) is 0 Å². The molecule has 0 unspecified atom stereocenters. The van der Waals surface area contributed by atoms with E-state index in [-0.39, 0.29) is 24.3 Å². The summed E-state index contributed by atoms with van der Waals surface area (Å²) in [6.45, 7) is 2.13. The molecule has 0 radical (unpaired) electrons. The van der Waals surface area contributed by atoms with Gasteiger partial charge in [0, 0.05) is 18.7 Å². The number of likely N-dealkylation sites (N-methyl/N-ethyl adjacent to an activating group) is 1. The molecule has 5 nitrogen and oxygen atoms in total. The van der Waals surface area contributed by atoms with Crippen molar-refractivity contribution in [2.24, 2.45) is 11.8 Å². The molecule has 0 spiro atoms. The van der Waals surface area contributed by atoms with Gasteiger partial charge in [-0.2, -0.15) is 0 Å². The maximum absolute atomic E-state index is 11.9. The van der Waals surface area contributed by atoms with Gasteiger partial charge in [0.05, 0.1) is 13.7 Å². The molecule has 0 aromatic heterocycles. The van der Waals surface area contributed by atoms with E-state index in [0.717, 1.165) is 12.2 Å². The minimum Gasteiger partial charge on any atom is -0.497 e. The highest BCUT2D eigenvalue weighted by molar-refractivity contribution is 5.95. The molecule has 1 aliphatic rings. The van der Waals surface area contributed by atoms with Crippen molar-refractivity contribution in [1.82, 2.24) is 4.90 Å². The Hall–Kier alpha value is -2.04. The van der Waals surface area contributed by atoms with E-state index in [1.54, 1.807) is 38.4 Å². The van der Waals surface area contributed by atoms with Crippen LogP contribution in [0.4, 0.5) is 5.69 Å². The van der Waals surface area contributed by atoms with Gasteiger partial charge in [-0.05, 0) is 36.6 Å². The van der Waals surface area contributed by atoms with Crippen molar-refractivity contribution in [1.29, 1.82) is 0 Å². The number of anilines is 1. The van der Waals surface area contributed by atoms with Crippen LogP contribution in [0.25, 0.3) is 0 Å². The minimum atomic E-state index is -0.195. The predicted molar refractivity (Wildman–Crippen MR) is 76.5 cm³/mol. The molecule has 1 aliphatic carbocycles. The highest BCUT2D eigenvalue weighted by Crippen LogP contribution is 2.38. The van der Waals surface area contributed by atoms with Crippen molar-refractivity contribution in [3.05, 3.63) is 24.3 Å². The van der Waals surface area contributed by atoms with Crippen LogP contribution in [0.1, 0.15) is 13.3 Å².